The number of benzene rings is 3. The first kappa shape index (κ1) is 27.3. The molecule has 11 heteroatoms. The molecule has 3 aromatic rings. The normalized spacial score (nSPS) is 11.2. The first-order valence-corrected chi connectivity index (χ1v) is 13.0. The van der Waals surface area contributed by atoms with Crippen LogP contribution in [0.25, 0.3) is 0 Å². The number of nitrogens with zero attached hydrogens (tertiary/aromatic N) is 2. The Bertz CT molecular complexity index is 1390. The fraction of sp³-hybridized carbons (Fsp3) is 0.192. The number of amides is 2. The van der Waals surface area contributed by atoms with Crippen LogP contribution in [0, 0.1) is 19.7 Å². The van der Waals surface area contributed by atoms with Crippen molar-refractivity contribution < 1.29 is 27.1 Å². The molecule has 0 atom stereocenters. The molecule has 0 spiro atoms. The molecule has 2 amide bonds. The molecule has 0 fully saturated rings. The number of carbonyl (C=O) groups excluding carboxylic acids is 2. The van der Waals surface area contributed by atoms with Crippen LogP contribution in [0.2, 0.25) is 0 Å². The summed E-state index contributed by atoms with van der Waals surface area (Å²) in [5.41, 5.74) is 5.56. The Morgan fingerprint density at radius 2 is 1.68 bits per heavy atom. The van der Waals surface area contributed by atoms with Gasteiger partial charge in [0.2, 0.25) is 10.0 Å². The lowest BCUT2D eigenvalue weighted by molar-refractivity contribution is -0.119. The number of anilines is 2. The first-order chi connectivity index (χ1) is 17.5. The average Bonchev–Trinajstić information content (AvgIpc) is 2.83. The van der Waals surface area contributed by atoms with E-state index in [4.69, 9.17) is 4.74 Å². The number of halogens is 1. The molecule has 37 heavy (non-hydrogen) atoms. The Balaban J connectivity index is 1.51. The summed E-state index contributed by atoms with van der Waals surface area (Å²) in [4.78, 5) is 24.4. The predicted octanol–water partition coefficient (Wildman–Crippen LogP) is 3.38. The number of nitrogens with one attached hydrogen (secondary N) is 2. The summed E-state index contributed by atoms with van der Waals surface area (Å²) < 4.78 is 44.0. The van der Waals surface area contributed by atoms with E-state index in [0.717, 1.165) is 21.7 Å². The van der Waals surface area contributed by atoms with Gasteiger partial charge in [0.15, 0.2) is 6.61 Å². The van der Waals surface area contributed by atoms with Crippen molar-refractivity contribution in [2.24, 2.45) is 5.10 Å². The van der Waals surface area contributed by atoms with E-state index in [1.54, 1.807) is 43.3 Å². The Hall–Kier alpha value is -4.25. The van der Waals surface area contributed by atoms with E-state index >= 15 is 0 Å². The van der Waals surface area contributed by atoms with Gasteiger partial charge in [-0.3, -0.25) is 13.9 Å². The SMILES string of the molecule is Cc1ccc(N(CC(=O)N/N=C\c2ccc(OCC(=O)Nc3ccc(F)cc3)cc2)S(C)(=O)=O)c(C)c1. The van der Waals surface area contributed by atoms with Crippen LogP contribution < -0.4 is 19.8 Å². The average molecular weight is 527 g/mol. The van der Waals surface area contributed by atoms with Gasteiger partial charge in [0.05, 0.1) is 18.2 Å². The Labute approximate surface area is 215 Å². The highest BCUT2D eigenvalue weighted by molar-refractivity contribution is 7.92. The third-order valence-corrected chi connectivity index (χ3v) is 6.22. The van der Waals surface area contributed by atoms with Gasteiger partial charge in [-0.15, -0.1) is 0 Å². The molecular weight excluding hydrogens is 499 g/mol. The molecule has 0 saturated heterocycles. The van der Waals surface area contributed by atoms with Crippen LogP contribution in [0.15, 0.2) is 71.8 Å². The largest absolute Gasteiger partial charge is 0.484 e. The van der Waals surface area contributed by atoms with Crippen LogP contribution in [-0.2, 0) is 19.6 Å². The summed E-state index contributed by atoms with van der Waals surface area (Å²) in [5, 5.41) is 6.48. The molecule has 0 aliphatic rings. The lowest BCUT2D eigenvalue weighted by atomic mass is 10.1. The van der Waals surface area contributed by atoms with Gasteiger partial charge in [0.1, 0.15) is 18.1 Å². The molecule has 0 aliphatic carbocycles. The van der Waals surface area contributed by atoms with Gasteiger partial charge in [0.25, 0.3) is 11.8 Å². The van der Waals surface area contributed by atoms with Crippen molar-refractivity contribution in [3.8, 4) is 5.75 Å². The second kappa shape index (κ2) is 12.1. The van der Waals surface area contributed by atoms with Gasteiger partial charge in [-0.25, -0.2) is 18.2 Å². The maximum absolute atomic E-state index is 12.9. The lowest BCUT2D eigenvalue weighted by Crippen LogP contribution is -2.39. The van der Waals surface area contributed by atoms with Crippen molar-refractivity contribution in [3.63, 3.8) is 0 Å². The van der Waals surface area contributed by atoms with Crippen molar-refractivity contribution in [3.05, 3.63) is 89.2 Å². The number of aryl methyl sites for hydroxylation is 2. The van der Waals surface area contributed by atoms with Gasteiger partial charge >= 0.3 is 0 Å². The van der Waals surface area contributed by atoms with Crippen molar-refractivity contribution in [1.82, 2.24) is 5.43 Å². The lowest BCUT2D eigenvalue weighted by Gasteiger charge is -2.23. The number of hydrogen-bond donors (Lipinski definition) is 2. The minimum Gasteiger partial charge on any atom is -0.484 e. The standard InChI is InChI=1S/C26H27FN4O5S/c1-18-4-13-24(19(2)14-18)31(37(3,34)35)16-25(32)30-28-15-20-5-11-23(12-6-20)36-17-26(33)29-22-9-7-21(27)8-10-22/h4-15H,16-17H2,1-3H3,(H,29,33)(H,30,32)/b28-15-. The summed E-state index contributed by atoms with van der Waals surface area (Å²) >= 11 is 0. The topological polar surface area (TPSA) is 117 Å². The van der Waals surface area contributed by atoms with E-state index in [-0.39, 0.29) is 6.61 Å². The second-order valence-corrected chi connectivity index (χ2v) is 10.2. The van der Waals surface area contributed by atoms with E-state index in [2.05, 4.69) is 15.8 Å². The summed E-state index contributed by atoms with van der Waals surface area (Å²) in [6.45, 7) is 3.02. The molecule has 194 valence electrons. The summed E-state index contributed by atoms with van der Waals surface area (Å²) in [6, 6.07) is 17.3. The van der Waals surface area contributed by atoms with Crippen molar-refractivity contribution in [2.75, 3.05) is 29.0 Å². The van der Waals surface area contributed by atoms with Gasteiger partial charge in [0, 0.05) is 5.69 Å². The summed E-state index contributed by atoms with van der Waals surface area (Å²) in [7, 11) is -3.70. The van der Waals surface area contributed by atoms with E-state index in [9.17, 15) is 22.4 Å². The molecule has 0 unspecified atom stereocenters. The molecule has 3 rings (SSSR count). The van der Waals surface area contributed by atoms with Crippen LogP contribution >= 0.6 is 0 Å². The minimum absolute atomic E-state index is 0.238. The Kier molecular flexibility index (Phi) is 8.96. The maximum atomic E-state index is 12.9. The zero-order valence-corrected chi connectivity index (χ0v) is 21.4. The van der Waals surface area contributed by atoms with Crippen molar-refractivity contribution in [1.29, 1.82) is 0 Å². The molecule has 0 saturated carbocycles. The molecule has 3 aromatic carbocycles. The smallest absolute Gasteiger partial charge is 0.262 e. The fourth-order valence-electron chi connectivity index (χ4n) is 3.34. The molecule has 0 heterocycles. The van der Waals surface area contributed by atoms with Crippen molar-refractivity contribution in [2.45, 2.75) is 13.8 Å². The highest BCUT2D eigenvalue weighted by Crippen LogP contribution is 2.23. The van der Waals surface area contributed by atoms with Crippen LogP contribution in [0.3, 0.4) is 0 Å². The second-order valence-electron chi connectivity index (χ2n) is 8.27. The number of rotatable bonds is 10. The quantitative estimate of drug-likeness (QED) is 0.310. The fourth-order valence-corrected chi connectivity index (χ4v) is 4.25. The maximum Gasteiger partial charge on any atom is 0.262 e. The van der Waals surface area contributed by atoms with E-state index in [0.29, 0.717) is 22.7 Å². The Morgan fingerprint density at radius 3 is 2.30 bits per heavy atom. The highest BCUT2D eigenvalue weighted by Gasteiger charge is 2.22. The van der Waals surface area contributed by atoms with Gasteiger partial charge < -0.3 is 10.1 Å². The first-order valence-electron chi connectivity index (χ1n) is 11.2. The van der Waals surface area contributed by atoms with E-state index in [1.807, 2.05) is 13.0 Å². The molecule has 0 aliphatic heterocycles. The van der Waals surface area contributed by atoms with E-state index in [1.165, 1.54) is 30.5 Å². The van der Waals surface area contributed by atoms with Crippen LogP contribution in [-0.4, -0.2) is 45.9 Å². The number of sulfonamides is 1. The van der Waals surface area contributed by atoms with E-state index < -0.39 is 34.2 Å². The number of carbonyl (C=O) groups is 2. The number of hydrazone groups is 1. The van der Waals surface area contributed by atoms with Crippen molar-refractivity contribution >= 4 is 39.4 Å². The molecule has 0 radical (unpaired) electrons. The number of hydrogen-bond acceptors (Lipinski definition) is 6. The molecule has 9 nitrogen and oxygen atoms in total. The predicted molar refractivity (Wildman–Crippen MR) is 141 cm³/mol. The van der Waals surface area contributed by atoms with Crippen LogP contribution in [0.5, 0.6) is 5.75 Å². The highest BCUT2D eigenvalue weighted by atomic mass is 32.2. The summed E-state index contributed by atoms with van der Waals surface area (Å²) in [5.74, 6) is -0.962. The Morgan fingerprint density at radius 1 is 1.00 bits per heavy atom. The third kappa shape index (κ3) is 8.43. The molecular formula is C26H27FN4O5S. The van der Waals surface area contributed by atoms with Crippen LogP contribution in [0.4, 0.5) is 15.8 Å². The van der Waals surface area contributed by atoms with Gasteiger partial charge in [-0.05, 0) is 79.6 Å². The number of ether oxygens (including phenoxy) is 1. The molecule has 0 bridgehead atoms. The monoisotopic (exact) mass is 526 g/mol. The zero-order chi connectivity index (χ0) is 27.0. The molecule has 0 aromatic heterocycles. The molecule has 2 N–H and O–H groups in total. The van der Waals surface area contributed by atoms with Gasteiger partial charge in [-0.1, -0.05) is 17.7 Å². The van der Waals surface area contributed by atoms with Crippen LogP contribution in [0.1, 0.15) is 16.7 Å². The third-order valence-electron chi connectivity index (χ3n) is 5.09. The minimum atomic E-state index is -3.70. The zero-order valence-electron chi connectivity index (χ0n) is 20.6. The van der Waals surface area contributed by atoms with Gasteiger partial charge in [-0.2, -0.15) is 5.10 Å². The summed E-state index contributed by atoms with van der Waals surface area (Å²) in [6.07, 6.45) is 2.43.